The van der Waals surface area contributed by atoms with Gasteiger partial charge in [0, 0.05) is 18.7 Å². The zero-order valence-electron chi connectivity index (χ0n) is 14.3. The van der Waals surface area contributed by atoms with Crippen LogP contribution in [0.2, 0.25) is 0 Å². The van der Waals surface area contributed by atoms with Crippen molar-refractivity contribution in [2.24, 2.45) is 0 Å². The predicted octanol–water partition coefficient (Wildman–Crippen LogP) is 2.76. The normalized spacial score (nSPS) is 10.3. The molecule has 2 amide bonds. The van der Waals surface area contributed by atoms with E-state index in [0.29, 0.717) is 24.4 Å². The first kappa shape index (κ1) is 17.5. The number of amides is 2. The summed E-state index contributed by atoms with van der Waals surface area (Å²) in [5.41, 5.74) is 0.596. The van der Waals surface area contributed by atoms with E-state index in [-0.39, 0.29) is 18.4 Å². The lowest BCUT2D eigenvalue weighted by Gasteiger charge is -2.09. The Morgan fingerprint density at radius 1 is 0.769 bits per heavy atom. The molecule has 0 aliphatic heterocycles. The van der Waals surface area contributed by atoms with Gasteiger partial charge in [-0.05, 0) is 35.0 Å². The van der Waals surface area contributed by atoms with Crippen LogP contribution in [0.3, 0.4) is 0 Å². The Morgan fingerprint density at radius 2 is 1.46 bits per heavy atom. The van der Waals surface area contributed by atoms with Crippen molar-refractivity contribution in [3.63, 3.8) is 0 Å². The van der Waals surface area contributed by atoms with Gasteiger partial charge in [-0.1, -0.05) is 48.5 Å². The third kappa shape index (κ3) is 4.83. The van der Waals surface area contributed by atoms with Crippen molar-refractivity contribution in [2.75, 3.05) is 19.7 Å². The molecule has 0 saturated carbocycles. The number of fused-ring (bicyclic) bond motifs is 1. The number of carbonyl (C=O) groups excluding carboxylic acids is 2. The van der Waals surface area contributed by atoms with E-state index in [1.165, 1.54) is 0 Å². The van der Waals surface area contributed by atoms with Crippen molar-refractivity contribution >= 4 is 22.6 Å². The number of rotatable bonds is 7. The molecule has 0 radical (unpaired) electrons. The summed E-state index contributed by atoms with van der Waals surface area (Å²) in [6.45, 7) is 0.638. The Morgan fingerprint density at radius 3 is 2.27 bits per heavy atom. The summed E-state index contributed by atoms with van der Waals surface area (Å²) >= 11 is 0. The molecule has 0 spiro atoms. The van der Waals surface area contributed by atoms with Gasteiger partial charge in [-0.25, -0.2) is 0 Å². The lowest BCUT2D eigenvalue weighted by atomic mass is 10.1. The minimum Gasteiger partial charge on any atom is -0.484 e. The molecule has 2 N–H and O–H groups in total. The molecule has 0 aromatic heterocycles. The van der Waals surface area contributed by atoms with Gasteiger partial charge < -0.3 is 15.4 Å². The van der Waals surface area contributed by atoms with Gasteiger partial charge in [-0.3, -0.25) is 9.59 Å². The number of hydrogen-bond donors (Lipinski definition) is 2. The fourth-order valence-corrected chi connectivity index (χ4v) is 2.53. The minimum absolute atomic E-state index is 0.0645. The third-order valence-electron chi connectivity index (χ3n) is 3.86. The minimum atomic E-state index is -0.230. The first-order valence-corrected chi connectivity index (χ1v) is 8.44. The Hall–Kier alpha value is -3.34. The van der Waals surface area contributed by atoms with E-state index >= 15 is 0 Å². The Labute approximate surface area is 152 Å². The smallest absolute Gasteiger partial charge is 0.258 e. The van der Waals surface area contributed by atoms with E-state index < -0.39 is 0 Å². The SMILES string of the molecule is O=C(COc1ccc2ccccc2c1)NCCNC(=O)c1ccccc1. The number of nitrogens with one attached hydrogen (secondary N) is 2. The largest absolute Gasteiger partial charge is 0.484 e. The van der Waals surface area contributed by atoms with Crippen molar-refractivity contribution in [1.29, 1.82) is 0 Å². The van der Waals surface area contributed by atoms with E-state index in [0.717, 1.165) is 10.8 Å². The zero-order chi connectivity index (χ0) is 18.2. The first-order valence-electron chi connectivity index (χ1n) is 8.44. The van der Waals surface area contributed by atoms with E-state index in [9.17, 15) is 9.59 Å². The molecule has 0 bridgehead atoms. The molecular formula is C21H20N2O3. The second-order valence-corrected chi connectivity index (χ2v) is 5.77. The van der Waals surface area contributed by atoms with E-state index in [4.69, 9.17) is 4.74 Å². The van der Waals surface area contributed by atoms with Crippen LogP contribution < -0.4 is 15.4 Å². The van der Waals surface area contributed by atoms with E-state index in [1.807, 2.05) is 48.5 Å². The third-order valence-corrected chi connectivity index (χ3v) is 3.86. The maximum Gasteiger partial charge on any atom is 0.258 e. The number of carbonyl (C=O) groups is 2. The van der Waals surface area contributed by atoms with Crippen molar-refractivity contribution in [2.45, 2.75) is 0 Å². The molecular weight excluding hydrogens is 328 g/mol. The quantitative estimate of drug-likeness (QED) is 0.645. The summed E-state index contributed by atoms with van der Waals surface area (Å²) in [5, 5.41) is 7.66. The van der Waals surface area contributed by atoms with Gasteiger partial charge in [0.15, 0.2) is 6.61 Å². The molecule has 0 heterocycles. The second kappa shape index (κ2) is 8.67. The van der Waals surface area contributed by atoms with Crippen LogP contribution in [-0.4, -0.2) is 31.5 Å². The average molecular weight is 348 g/mol. The summed E-state index contributed by atoms with van der Waals surface area (Å²) in [6.07, 6.45) is 0. The Bertz CT molecular complexity index is 894. The van der Waals surface area contributed by atoms with Gasteiger partial charge >= 0.3 is 0 Å². The van der Waals surface area contributed by atoms with Gasteiger partial charge in [-0.15, -0.1) is 0 Å². The molecule has 0 unspecified atom stereocenters. The lowest BCUT2D eigenvalue weighted by molar-refractivity contribution is -0.123. The summed E-state index contributed by atoms with van der Waals surface area (Å²) in [6, 6.07) is 22.6. The van der Waals surface area contributed by atoms with E-state index in [1.54, 1.807) is 24.3 Å². The molecule has 3 aromatic rings. The van der Waals surface area contributed by atoms with E-state index in [2.05, 4.69) is 10.6 Å². The Balaban J connectivity index is 1.38. The molecule has 3 aromatic carbocycles. The zero-order valence-corrected chi connectivity index (χ0v) is 14.3. The molecule has 0 atom stereocenters. The first-order chi connectivity index (χ1) is 12.7. The molecule has 0 saturated heterocycles. The summed E-state index contributed by atoms with van der Waals surface area (Å²) in [7, 11) is 0. The number of ether oxygens (including phenoxy) is 1. The fraction of sp³-hybridized carbons (Fsp3) is 0.143. The van der Waals surface area contributed by atoms with Crippen LogP contribution in [0.5, 0.6) is 5.75 Å². The second-order valence-electron chi connectivity index (χ2n) is 5.77. The highest BCUT2D eigenvalue weighted by molar-refractivity contribution is 5.94. The van der Waals surface area contributed by atoms with Gasteiger partial charge in [0.1, 0.15) is 5.75 Å². The number of hydrogen-bond acceptors (Lipinski definition) is 3. The van der Waals surface area contributed by atoms with Crippen LogP contribution >= 0.6 is 0 Å². The fourth-order valence-electron chi connectivity index (χ4n) is 2.53. The molecule has 5 heteroatoms. The van der Waals surface area contributed by atoms with Gasteiger partial charge in [0.05, 0.1) is 0 Å². The predicted molar refractivity (Wildman–Crippen MR) is 101 cm³/mol. The lowest BCUT2D eigenvalue weighted by Crippen LogP contribution is -2.36. The highest BCUT2D eigenvalue weighted by Crippen LogP contribution is 2.20. The van der Waals surface area contributed by atoms with Crippen molar-refractivity contribution in [3.8, 4) is 5.75 Å². The molecule has 5 nitrogen and oxygen atoms in total. The molecule has 0 fully saturated rings. The van der Waals surface area contributed by atoms with Crippen molar-refractivity contribution in [3.05, 3.63) is 78.4 Å². The Kier molecular flexibility index (Phi) is 5.83. The van der Waals surface area contributed by atoms with Crippen LogP contribution in [-0.2, 0) is 4.79 Å². The highest BCUT2D eigenvalue weighted by Gasteiger charge is 2.05. The standard InChI is InChI=1S/C21H20N2O3/c24-20(22-12-13-23-21(25)17-7-2-1-3-8-17)15-26-19-11-10-16-6-4-5-9-18(16)14-19/h1-11,14H,12-13,15H2,(H,22,24)(H,23,25). The van der Waals surface area contributed by atoms with Crippen molar-refractivity contribution in [1.82, 2.24) is 10.6 Å². The van der Waals surface area contributed by atoms with Crippen LogP contribution in [0.15, 0.2) is 72.8 Å². The molecule has 0 aliphatic carbocycles. The van der Waals surface area contributed by atoms with Crippen LogP contribution in [0.1, 0.15) is 10.4 Å². The van der Waals surface area contributed by atoms with Crippen LogP contribution in [0.4, 0.5) is 0 Å². The summed E-state index contributed by atoms with van der Waals surface area (Å²) in [4.78, 5) is 23.7. The summed E-state index contributed by atoms with van der Waals surface area (Å²) in [5.74, 6) is 0.260. The molecule has 3 rings (SSSR count). The summed E-state index contributed by atoms with van der Waals surface area (Å²) < 4.78 is 5.52. The van der Waals surface area contributed by atoms with Crippen molar-refractivity contribution < 1.29 is 14.3 Å². The topological polar surface area (TPSA) is 67.4 Å². The van der Waals surface area contributed by atoms with Gasteiger partial charge in [0.2, 0.25) is 0 Å². The monoisotopic (exact) mass is 348 g/mol. The van der Waals surface area contributed by atoms with Crippen LogP contribution in [0.25, 0.3) is 10.8 Å². The highest BCUT2D eigenvalue weighted by atomic mass is 16.5. The van der Waals surface area contributed by atoms with Gasteiger partial charge in [0.25, 0.3) is 11.8 Å². The maximum atomic E-state index is 11.9. The number of benzene rings is 3. The van der Waals surface area contributed by atoms with Gasteiger partial charge in [-0.2, -0.15) is 0 Å². The van der Waals surface area contributed by atoms with Crippen LogP contribution in [0, 0.1) is 0 Å². The molecule has 132 valence electrons. The average Bonchev–Trinajstić information content (AvgIpc) is 2.70. The maximum absolute atomic E-state index is 11.9. The molecule has 0 aliphatic rings. The molecule has 26 heavy (non-hydrogen) atoms.